The Morgan fingerprint density at radius 2 is 1.82 bits per heavy atom. The summed E-state index contributed by atoms with van der Waals surface area (Å²) in [7, 11) is 0. The van der Waals surface area contributed by atoms with Crippen LogP contribution in [0, 0.1) is 24.8 Å². The third kappa shape index (κ3) is 5.27. The summed E-state index contributed by atoms with van der Waals surface area (Å²) in [5.74, 6) is 2.21. The molecule has 0 atom stereocenters. The molecule has 5 rings (SSSR count). The van der Waals surface area contributed by atoms with Gasteiger partial charge in [-0.1, -0.05) is 54.2 Å². The SMILES string of the molecule is [C-]#[N+]c1c(N)nc(SCc2nc(-c3ccc4ccccc4c3)oc2C)c(C#N)c1-c1ccc(OCCO)cc1. The highest BCUT2D eigenvalue weighted by Gasteiger charge is 2.22. The molecule has 0 spiro atoms. The maximum atomic E-state index is 10.1. The van der Waals surface area contributed by atoms with Crippen molar-refractivity contribution in [3.63, 3.8) is 0 Å². The number of ether oxygens (including phenoxy) is 1. The van der Waals surface area contributed by atoms with Crippen LogP contribution in [0.4, 0.5) is 11.5 Å². The minimum absolute atomic E-state index is 0.0517. The number of hydrogen-bond donors (Lipinski definition) is 2. The predicted octanol–water partition coefficient (Wildman–Crippen LogP) is 6.53. The van der Waals surface area contributed by atoms with Crippen LogP contribution in [0.2, 0.25) is 0 Å². The van der Waals surface area contributed by atoms with E-state index in [1.165, 1.54) is 11.8 Å². The van der Waals surface area contributed by atoms with Crippen LogP contribution < -0.4 is 10.5 Å². The number of nitriles is 1. The van der Waals surface area contributed by atoms with Gasteiger partial charge in [0.05, 0.1) is 24.4 Å². The summed E-state index contributed by atoms with van der Waals surface area (Å²) in [6.07, 6.45) is 0. The first-order valence-electron chi connectivity index (χ1n) is 12.1. The van der Waals surface area contributed by atoms with Gasteiger partial charge in [-0.2, -0.15) is 5.26 Å². The van der Waals surface area contributed by atoms with Crippen LogP contribution in [-0.4, -0.2) is 28.3 Å². The number of pyridine rings is 1. The van der Waals surface area contributed by atoms with Gasteiger partial charge in [0, 0.05) is 16.9 Å². The van der Waals surface area contributed by atoms with Gasteiger partial charge in [0.2, 0.25) is 11.6 Å². The van der Waals surface area contributed by atoms with E-state index in [1.54, 1.807) is 24.3 Å². The third-order valence-electron chi connectivity index (χ3n) is 6.13. The maximum absolute atomic E-state index is 10.1. The molecule has 8 nitrogen and oxygen atoms in total. The van der Waals surface area contributed by atoms with Crippen LogP contribution in [-0.2, 0) is 5.75 Å². The van der Waals surface area contributed by atoms with E-state index >= 15 is 0 Å². The normalized spacial score (nSPS) is 10.8. The molecule has 0 saturated heterocycles. The average Bonchev–Trinajstić information content (AvgIpc) is 3.34. The minimum Gasteiger partial charge on any atom is -0.491 e. The summed E-state index contributed by atoms with van der Waals surface area (Å²) < 4.78 is 11.4. The summed E-state index contributed by atoms with van der Waals surface area (Å²) in [5, 5.41) is 21.7. The number of nitrogens with zero attached hydrogens (tertiary/aromatic N) is 4. The van der Waals surface area contributed by atoms with Gasteiger partial charge in [-0.15, -0.1) is 0 Å². The molecule has 0 amide bonds. The highest BCUT2D eigenvalue weighted by atomic mass is 32.2. The molecule has 0 saturated carbocycles. The predicted molar refractivity (Wildman–Crippen MR) is 151 cm³/mol. The highest BCUT2D eigenvalue weighted by Crippen LogP contribution is 2.42. The van der Waals surface area contributed by atoms with E-state index in [2.05, 4.69) is 22.0 Å². The Morgan fingerprint density at radius 1 is 1.08 bits per heavy atom. The van der Waals surface area contributed by atoms with Crippen LogP contribution in [0.25, 0.3) is 38.2 Å². The summed E-state index contributed by atoms with van der Waals surface area (Å²) in [4.78, 5) is 12.7. The number of aryl methyl sites for hydroxylation is 1. The fraction of sp³-hybridized carbons (Fsp3) is 0.133. The standard InChI is InChI=1S/C30H23N5O3S/c1-18-25(34-29(38-18)22-8-7-19-5-3-4-6-21(19)15-22)17-39-30-24(16-31)26(27(33-2)28(32)35-30)20-9-11-23(12-10-20)37-14-13-36/h3-12,15,36H,13-14,17H2,1H3,(H2,32,35). The van der Waals surface area contributed by atoms with E-state index in [-0.39, 0.29) is 30.3 Å². The van der Waals surface area contributed by atoms with Crippen molar-refractivity contribution in [3.8, 4) is 34.4 Å². The number of aliphatic hydroxyl groups is 1. The number of aliphatic hydroxyl groups excluding tert-OH is 1. The quantitative estimate of drug-likeness (QED) is 0.170. The van der Waals surface area contributed by atoms with Crippen molar-refractivity contribution in [2.24, 2.45) is 0 Å². The number of nitrogen functional groups attached to an aromatic ring is 1. The maximum Gasteiger partial charge on any atom is 0.236 e. The topological polar surface area (TPSA) is 123 Å². The lowest BCUT2D eigenvalue weighted by Gasteiger charge is -2.13. The number of oxazole rings is 1. The zero-order valence-electron chi connectivity index (χ0n) is 21.0. The lowest BCUT2D eigenvalue weighted by atomic mass is 10.00. The molecule has 0 aliphatic carbocycles. The molecule has 0 aliphatic rings. The second-order valence-corrected chi connectivity index (χ2v) is 9.56. The van der Waals surface area contributed by atoms with Gasteiger partial charge >= 0.3 is 0 Å². The number of hydrogen-bond acceptors (Lipinski definition) is 8. The van der Waals surface area contributed by atoms with Crippen LogP contribution in [0.15, 0.2) is 76.2 Å². The summed E-state index contributed by atoms with van der Waals surface area (Å²) >= 11 is 1.31. The molecular formula is C30H23N5O3S. The number of benzene rings is 3. The number of anilines is 1. The van der Waals surface area contributed by atoms with Gasteiger partial charge in [0.25, 0.3) is 0 Å². The smallest absolute Gasteiger partial charge is 0.236 e. The van der Waals surface area contributed by atoms with Gasteiger partial charge in [-0.3, -0.25) is 0 Å². The van der Waals surface area contributed by atoms with E-state index in [4.69, 9.17) is 31.6 Å². The minimum atomic E-state index is -0.0988. The Bertz CT molecular complexity index is 1750. The fourth-order valence-corrected chi connectivity index (χ4v) is 5.20. The van der Waals surface area contributed by atoms with E-state index in [0.717, 1.165) is 22.0 Å². The van der Waals surface area contributed by atoms with Crippen molar-refractivity contribution >= 4 is 34.0 Å². The lowest BCUT2D eigenvalue weighted by Crippen LogP contribution is -2.02. The van der Waals surface area contributed by atoms with Gasteiger partial charge in [0.1, 0.15) is 35.0 Å². The van der Waals surface area contributed by atoms with E-state index in [1.807, 2.05) is 43.3 Å². The third-order valence-corrected chi connectivity index (χ3v) is 7.11. The molecule has 0 fully saturated rings. The molecule has 5 aromatic rings. The Hall–Kier alpha value is -4.83. The summed E-state index contributed by atoms with van der Waals surface area (Å²) in [6, 6.07) is 23.3. The van der Waals surface area contributed by atoms with Crippen LogP contribution in [0.1, 0.15) is 17.0 Å². The second kappa shape index (κ2) is 11.3. The molecule has 0 bridgehead atoms. The molecule has 0 radical (unpaired) electrons. The van der Waals surface area contributed by atoms with Crippen LogP contribution >= 0.6 is 11.8 Å². The van der Waals surface area contributed by atoms with E-state index in [0.29, 0.717) is 39.3 Å². The first kappa shape index (κ1) is 25.8. The molecule has 2 aromatic heterocycles. The number of thioether (sulfide) groups is 1. The Balaban J connectivity index is 1.45. The Kier molecular flexibility index (Phi) is 7.46. The zero-order valence-corrected chi connectivity index (χ0v) is 21.8. The molecule has 9 heteroatoms. The molecule has 39 heavy (non-hydrogen) atoms. The summed E-state index contributed by atoms with van der Waals surface area (Å²) in [6.45, 7) is 9.59. The van der Waals surface area contributed by atoms with Gasteiger partial charge in [-0.05, 0) is 47.5 Å². The van der Waals surface area contributed by atoms with Crippen molar-refractivity contribution in [1.82, 2.24) is 9.97 Å². The molecule has 192 valence electrons. The molecule has 3 aromatic carbocycles. The van der Waals surface area contributed by atoms with Gasteiger partial charge < -0.3 is 20.0 Å². The van der Waals surface area contributed by atoms with Crippen LogP contribution in [0.3, 0.4) is 0 Å². The largest absolute Gasteiger partial charge is 0.491 e. The average molecular weight is 534 g/mol. The summed E-state index contributed by atoms with van der Waals surface area (Å²) in [5.41, 5.74) is 9.23. The first-order chi connectivity index (χ1) is 19.0. The lowest BCUT2D eigenvalue weighted by molar-refractivity contribution is 0.201. The van der Waals surface area contributed by atoms with Crippen molar-refractivity contribution in [3.05, 3.63) is 95.2 Å². The monoisotopic (exact) mass is 533 g/mol. The van der Waals surface area contributed by atoms with Crippen molar-refractivity contribution in [1.29, 1.82) is 5.26 Å². The van der Waals surface area contributed by atoms with Gasteiger partial charge in [0.15, 0.2) is 0 Å². The zero-order chi connectivity index (χ0) is 27.4. The van der Waals surface area contributed by atoms with Crippen molar-refractivity contribution in [2.75, 3.05) is 18.9 Å². The Morgan fingerprint density at radius 3 is 2.54 bits per heavy atom. The van der Waals surface area contributed by atoms with Crippen molar-refractivity contribution < 1.29 is 14.3 Å². The number of nitrogens with two attached hydrogens (primary N) is 1. The van der Waals surface area contributed by atoms with Crippen molar-refractivity contribution in [2.45, 2.75) is 17.7 Å². The van der Waals surface area contributed by atoms with Gasteiger partial charge in [-0.25, -0.2) is 14.8 Å². The highest BCUT2D eigenvalue weighted by molar-refractivity contribution is 7.98. The molecule has 3 N–H and O–H groups in total. The van der Waals surface area contributed by atoms with E-state index in [9.17, 15) is 5.26 Å². The number of aromatic nitrogens is 2. The first-order valence-corrected chi connectivity index (χ1v) is 13.0. The fourth-order valence-electron chi connectivity index (χ4n) is 4.20. The number of rotatable bonds is 8. The second-order valence-electron chi connectivity index (χ2n) is 8.59. The molecule has 0 aliphatic heterocycles. The molecular weight excluding hydrogens is 510 g/mol. The van der Waals surface area contributed by atoms with E-state index < -0.39 is 0 Å². The Labute approximate surface area is 229 Å². The van der Waals surface area contributed by atoms with Crippen LogP contribution in [0.5, 0.6) is 5.75 Å². The number of fused-ring (bicyclic) bond motifs is 1. The molecule has 2 heterocycles. The molecule has 0 unspecified atom stereocenters.